The highest BCUT2D eigenvalue weighted by atomic mass is 31.2. The number of rotatable bonds is 11. The summed E-state index contributed by atoms with van der Waals surface area (Å²) in [6.07, 6.45) is -6.49. The lowest BCUT2D eigenvalue weighted by atomic mass is 10.1. The van der Waals surface area contributed by atoms with Crippen LogP contribution in [-0.2, 0) is 18.9 Å². The number of aliphatic hydroxyl groups excluding tert-OH is 3. The van der Waals surface area contributed by atoms with E-state index in [-0.39, 0.29) is 38.8 Å². The van der Waals surface area contributed by atoms with Crippen molar-refractivity contribution < 1.29 is 54.2 Å². The van der Waals surface area contributed by atoms with Gasteiger partial charge in [0.05, 0.1) is 0 Å². The SMILES string of the molecule is NP(=O)(O)O.O=C(O)CCCN(CCCC(=O)O)C(O)[C@H]1O[C@@H](n2ccc(=O)[nH]c2=O)[C@H](O)[C@@H]1O. The summed E-state index contributed by atoms with van der Waals surface area (Å²) in [5.74, 6) is -2.08. The van der Waals surface area contributed by atoms with E-state index in [4.69, 9.17) is 29.3 Å². The molecule has 0 spiro atoms. The third-order valence-electron chi connectivity index (χ3n) is 4.74. The molecule has 1 aromatic rings. The molecule has 0 bridgehead atoms. The smallest absolute Gasteiger partial charge is 0.397 e. The summed E-state index contributed by atoms with van der Waals surface area (Å²) in [6, 6.07) is 1.03. The van der Waals surface area contributed by atoms with Crippen LogP contribution >= 0.6 is 7.75 Å². The van der Waals surface area contributed by atoms with Gasteiger partial charge in [-0.25, -0.2) is 14.9 Å². The first-order valence-electron chi connectivity index (χ1n) is 10.1. The molecule has 2 heterocycles. The predicted octanol–water partition coefficient (Wildman–Crippen LogP) is -3.46. The van der Waals surface area contributed by atoms with Crippen LogP contribution in [0.15, 0.2) is 21.9 Å². The van der Waals surface area contributed by atoms with E-state index in [2.05, 4.69) is 5.50 Å². The largest absolute Gasteiger partial charge is 0.481 e. The summed E-state index contributed by atoms with van der Waals surface area (Å²) in [4.78, 5) is 62.8. The first-order chi connectivity index (χ1) is 16.1. The molecular weight excluding hydrogens is 499 g/mol. The van der Waals surface area contributed by atoms with Crippen LogP contribution in [0.5, 0.6) is 0 Å². The van der Waals surface area contributed by atoms with E-state index >= 15 is 0 Å². The van der Waals surface area contributed by atoms with Gasteiger partial charge in [-0.3, -0.25) is 28.8 Å². The molecule has 2 rings (SSSR count). The molecule has 5 atom stereocenters. The number of aromatic nitrogens is 2. The molecule has 0 amide bonds. The molecule has 1 fully saturated rings. The number of H-pyrrole nitrogens is 1. The van der Waals surface area contributed by atoms with Gasteiger partial charge in [0.1, 0.15) is 24.5 Å². The number of nitrogens with two attached hydrogens (primary N) is 1. The van der Waals surface area contributed by atoms with E-state index in [0.29, 0.717) is 0 Å². The molecule has 1 aliphatic heterocycles. The van der Waals surface area contributed by atoms with E-state index in [1.807, 2.05) is 4.98 Å². The number of hydrogen-bond donors (Lipinski definition) is 9. The molecule has 35 heavy (non-hydrogen) atoms. The number of carboxylic acids is 2. The van der Waals surface area contributed by atoms with Crippen molar-refractivity contribution in [3.8, 4) is 0 Å². The van der Waals surface area contributed by atoms with Crippen LogP contribution in [-0.4, -0.2) is 99.3 Å². The average molecular weight is 528 g/mol. The molecular formula is C17H29N4O13P. The molecule has 1 unspecified atom stereocenters. The van der Waals surface area contributed by atoms with Crippen LogP contribution in [0.1, 0.15) is 31.9 Å². The number of carboxylic acid groups (broad SMARTS) is 2. The van der Waals surface area contributed by atoms with Crippen molar-refractivity contribution in [1.82, 2.24) is 14.5 Å². The van der Waals surface area contributed by atoms with E-state index in [0.717, 1.165) is 16.8 Å². The van der Waals surface area contributed by atoms with Gasteiger partial charge < -0.3 is 40.1 Å². The molecule has 1 aliphatic rings. The Labute approximate surface area is 197 Å². The zero-order valence-electron chi connectivity index (χ0n) is 18.3. The maximum absolute atomic E-state index is 12.0. The number of nitrogens with one attached hydrogen (secondary N) is 1. The average Bonchev–Trinajstić information content (AvgIpc) is 2.99. The maximum atomic E-state index is 12.0. The minimum Gasteiger partial charge on any atom is -0.481 e. The van der Waals surface area contributed by atoms with Crippen LogP contribution in [0, 0.1) is 0 Å². The topological polar surface area (TPSA) is 286 Å². The summed E-state index contributed by atoms with van der Waals surface area (Å²) in [5, 5.41) is 48.9. The normalized spacial score (nSPS) is 22.9. The molecule has 0 aliphatic carbocycles. The fraction of sp³-hybridized carbons (Fsp3) is 0.647. The highest BCUT2D eigenvalue weighted by Crippen LogP contribution is 2.31. The fourth-order valence-electron chi connectivity index (χ4n) is 3.24. The molecule has 0 saturated carbocycles. The van der Waals surface area contributed by atoms with Crippen molar-refractivity contribution in [2.24, 2.45) is 5.50 Å². The van der Waals surface area contributed by atoms with Gasteiger partial charge in [-0.2, -0.15) is 0 Å². The molecule has 200 valence electrons. The van der Waals surface area contributed by atoms with Crippen LogP contribution in [0.3, 0.4) is 0 Å². The van der Waals surface area contributed by atoms with E-state index in [9.17, 15) is 34.5 Å². The Bertz CT molecular complexity index is 980. The molecule has 10 N–H and O–H groups in total. The van der Waals surface area contributed by atoms with Gasteiger partial charge in [-0.15, -0.1) is 0 Å². The number of nitrogens with zero attached hydrogens (tertiary/aromatic N) is 2. The van der Waals surface area contributed by atoms with Gasteiger partial charge >= 0.3 is 25.4 Å². The minimum atomic E-state index is -4.14. The second-order valence-electron chi connectivity index (χ2n) is 7.52. The molecule has 18 heteroatoms. The zero-order valence-corrected chi connectivity index (χ0v) is 19.2. The highest BCUT2D eigenvalue weighted by molar-refractivity contribution is 7.49. The molecule has 1 aromatic heterocycles. The summed E-state index contributed by atoms with van der Waals surface area (Å²) in [6.45, 7) is 0.137. The number of carbonyl (C=O) groups is 2. The van der Waals surface area contributed by atoms with Crippen LogP contribution in [0.4, 0.5) is 0 Å². The zero-order chi connectivity index (χ0) is 26.9. The summed E-state index contributed by atoms with van der Waals surface area (Å²) < 4.78 is 15.5. The van der Waals surface area contributed by atoms with Gasteiger partial charge in [0, 0.05) is 38.2 Å². The Morgan fingerprint density at radius 3 is 2.03 bits per heavy atom. The first-order valence-corrected chi connectivity index (χ1v) is 11.8. The Balaban J connectivity index is 0.00000111. The maximum Gasteiger partial charge on any atom is 0.397 e. The molecule has 17 nitrogen and oxygen atoms in total. The monoisotopic (exact) mass is 528 g/mol. The standard InChI is InChI=1S/C17H25N3O10.H4NO3P/c21-9-5-8-20(17(29)18-9)16-13(27)12(26)14(30-16)15(28)19(6-1-3-10(22)23)7-2-4-11(24)25;1-5(2,3)4/h5,8,12-16,26-28H,1-4,6-7H2,(H,22,23)(H,24,25)(H,18,21,29);(H4,1,2,3,4)/t12-,13+,14-,15?,16+;/m0./s1. The molecule has 1 saturated heterocycles. The lowest BCUT2D eigenvalue weighted by Gasteiger charge is -2.32. The Kier molecular flexibility index (Phi) is 11.9. The third kappa shape index (κ3) is 10.8. The van der Waals surface area contributed by atoms with Crippen LogP contribution in [0.25, 0.3) is 0 Å². The summed E-state index contributed by atoms with van der Waals surface area (Å²) in [7, 11) is -4.14. The lowest BCUT2D eigenvalue weighted by Crippen LogP contribution is -2.49. The second kappa shape index (κ2) is 13.6. The number of aliphatic carboxylic acids is 2. The molecule has 0 aromatic carbocycles. The summed E-state index contributed by atoms with van der Waals surface area (Å²) in [5.41, 5.74) is 2.48. The fourth-order valence-corrected chi connectivity index (χ4v) is 3.24. The third-order valence-corrected chi connectivity index (χ3v) is 4.74. The van der Waals surface area contributed by atoms with E-state index in [1.54, 1.807) is 0 Å². The number of hydrogen-bond acceptors (Lipinski definition) is 10. The van der Waals surface area contributed by atoms with Crippen molar-refractivity contribution in [1.29, 1.82) is 0 Å². The van der Waals surface area contributed by atoms with Gasteiger partial charge in [0.15, 0.2) is 6.23 Å². The van der Waals surface area contributed by atoms with Crippen molar-refractivity contribution in [3.63, 3.8) is 0 Å². The van der Waals surface area contributed by atoms with Gasteiger partial charge in [0.2, 0.25) is 0 Å². The Morgan fingerprint density at radius 1 is 1.11 bits per heavy atom. The Morgan fingerprint density at radius 2 is 1.60 bits per heavy atom. The first kappa shape index (κ1) is 30.6. The Hall–Kier alpha value is -2.47. The minimum absolute atomic E-state index is 0.0685. The number of aromatic amines is 1. The highest BCUT2D eigenvalue weighted by Gasteiger charge is 2.48. The summed E-state index contributed by atoms with van der Waals surface area (Å²) >= 11 is 0. The van der Waals surface area contributed by atoms with Gasteiger partial charge in [0.25, 0.3) is 5.56 Å². The van der Waals surface area contributed by atoms with Crippen LogP contribution < -0.4 is 16.8 Å². The molecule has 0 radical (unpaired) electrons. The second-order valence-corrected chi connectivity index (χ2v) is 8.70. The van der Waals surface area contributed by atoms with Gasteiger partial charge in [-0.05, 0) is 12.8 Å². The van der Waals surface area contributed by atoms with Crippen molar-refractivity contribution >= 4 is 19.7 Å². The quantitative estimate of drug-likeness (QED) is 0.0996. The number of ether oxygens (including phenoxy) is 1. The predicted molar refractivity (Wildman–Crippen MR) is 115 cm³/mol. The van der Waals surface area contributed by atoms with E-state index in [1.165, 1.54) is 4.90 Å². The number of aliphatic hydroxyl groups is 3. The van der Waals surface area contributed by atoms with Gasteiger partial charge in [-0.1, -0.05) is 0 Å². The van der Waals surface area contributed by atoms with Crippen LogP contribution in [0.2, 0.25) is 0 Å². The van der Waals surface area contributed by atoms with Crippen molar-refractivity contribution in [3.05, 3.63) is 33.1 Å². The lowest BCUT2D eigenvalue weighted by molar-refractivity contribution is -0.144. The van der Waals surface area contributed by atoms with Crippen molar-refractivity contribution in [2.45, 2.75) is 56.5 Å². The van der Waals surface area contributed by atoms with E-state index < -0.39 is 61.7 Å². The van der Waals surface area contributed by atoms with Crippen molar-refractivity contribution in [2.75, 3.05) is 13.1 Å².